The van der Waals surface area contributed by atoms with Crippen LogP contribution in [0.5, 0.6) is 23.0 Å². The maximum absolute atomic E-state index is 9.65. The number of phenols is 2. The second-order valence-electron chi connectivity index (χ2n) is 7.80. The van der Waals surface area contributed by atoms with Gasteiger partial charge in [-0.1, -0.05) is 33.7 Å². The average Bonchev–Trinajstić information content (AvgIpc) is 2.85. The van der Waals surface area contributed by atoms with E-state index in [1.807, 2.05) is 69.4 Å². The van der Waals surface area contributed by atoms with E-state index >= 15 is 0 Å². The minimum Gasteiger partial charge on any atom is -0.504 e. The van der Waals surface area contributed by atoms with E-state index < -0.39 is 0 Å². The molecule has 0 atom stereocenters. The molecule has 0 aliphatic carbocycles. The number of benzene rings is 2. The molecule has 2 rings (SSSR count). The van der Waals surface area contributed by atoms with Crippen molar-refractivity contribution in [3.8, 4) is 23.0 Å². The highest BCUT2D eigenvalue weighted by Crippen LogP contribution is 2.28. The van der Waals surface area contributed by atoms with E-state index in [4.69, 9.17) is 9.47 Å². The molecule has 2 N–H and O–H groups in total. The summed E-state index contributed by atoms with van der Waals surface area (Å²) in [7, 11) is 7.20. The van der Waals surface area contributed by atoms with Crippen LogP contribution in [0.1, 0.15) is 36.8 Å². The minimum absolute atomic E-state index is 0.207. The summed E-state index contributed by atoms with van der Waals surface area (Å²) < 4.78 is 10.3. The van der Waals surface area contributed by atoms with Crippen LogP contribution in [0.4, 0.5) is 0 Å². The van der Waals surface area contributed by atoms with Crippen LogP contribution in [0.3, 0.4) is 0 Å². The fourth-order valence-corrected chi connectivity index (χ4v) is 7.62. The Hall–Kier alpha value is -0.960. The summed E-state index contributed by atoms with van der Waals surface area (Å²) in [5.74, 6) is 8.82. The molecule has 0 aliphatic rings. The van der Waals surface area contributed by atoms with Crippen LogP contribution in [0, 0.1) is 0 Å². The van der Waals surface area contributed by atoms with Crippen molar-refractivity contribution >= 4 is 45.1 Å². The normalized spacial score (nSPS) is 11.0. The van der Waals surface area contributed by atoms with Gasteiger partial charge in [0.05, 0.1) is 14.2 Å². The standard InChI is InChI=1S/C26H38O4S4/c1-29-25-19-21(9-11-23(25)27)7-3-13-31-15-5-17-33-34-18-6-16-32-14-4-8-22-10-12-24(28)26(20-22)30-2/h9-12,19-20,27-28H,3-8,13-18H2,1-2H3. The third-order valence-electron chi connectivity index (χ3n) is 5.11. The zero-order valence-electron chi connectivity index (χ0n) is 20.3. The number of methoxy groups -OCH3 is 2. The summed E-state index contributed by atoms with van der Waals surface area (Å²) in [6, 6.07) is 11.2. The third kappa shape index (κ3) is 12.1. The first kappa shape index (κ1) is 29.3. The Kier molecular flexibility index (Phi) is 15.8. The van der Waals surface area contributed by atoms with Crippen molar-refractivity contribution in [2.24, 2.45) is 0 Å². The molecular weight excluding hydrogens is 505 g/mol. The van der Waals surface area contributed by atoms with Crippen LogP contribution in [0.15, 0.2) is 36.4 Å². The Morgan fingerprint density at radius 2 is 1.00 bits per heavy atom. The predicted molar refractivity (Wildman–Crippen MR) is 155 cm³/mol. The first-order valence-electron chi connectivity index (χ1n) is 11.8. The smallest absolute Gasteiger partial charge is 0.160 e. The molecule has 0 saturated carbocycles. The van der Waals surface area contributed by atoms with E-state index in [1.54, 1.807) is 26.4 Å². The first-order chi connectivity index (χ1) is 16.6. The average molecular weight is 543 g/mol. The van der Waals surface area contributed by atoms with E-state index in [9.17, 15) is 10.2 Å². The molecule has 2 aromatic carbocycles. The summed E-state index contributed by atoms with van der Waals surface area (Å²) in [5.41, 5.74) is 2.44. The summed E-state index contributed by atoms with van der Waals surface area (Å²) in [4.78, 5) is 0. The Bertz CT molecular complexity index is 752. The SMILES string of the molecule is COc1cc(CCCSCCCSSCCCSCCCc2ccc(O)c(OC)c2)ccc1O. The van der Waals surface area contributed by atoms with Crippen LogP contribution in [-0.4, -0.2) is 58.9 Å². The van der Waals surface area contributed by atoms with Gasteiger partial charge in [0.25, 0.3) is 0 Å². The zero-order chi connectivity index (χ0) is 24.4. The van der Waals surface area contributed by atoms with Gasteiger partial charge in [-0.3, -0.25) is 0 Å². The minimum atomic E-state index is 0.207. The number of phenolic OH excluding ortho intramolecular Hbond substituents is 2. The summed E-state index contributed by atoms with van der Waals surface area (Å²) in [6.45, 7) is 0. The molecule has 0 saturated heterocycles. The highest BCUT2D eigenvalue weighted by atomic mass is 33.1. The predicted octanol–water partition coefficient (Wildman–Crippen LogP) is 7.31. The van der Waals surface area contributed by atoms with Crippen molar-refractivity contribution in [1.29, 1.82) is 0 Å². The lowest BCUT2D eigenvalue weighted by Crippen LogP contribution is -1.92. The fourth-order valence-electron chi connectivity index (χ4n) is 3.27. The van der Waals surface area contributed by atoms with Gasteiger partial charge < -0.3 is 19.7 Å². The number of thioether (sulfide) groups is 2. The van der Waals surface area contributed by atoms with Crippen molar-refractivity contribution in [1.82, 2.24) is 0 Å². The summed E-state index contributed by atoms with van der Waals surface area (Å²) in [5, 5.41) is 19.3. The second kappa shape index (κ2) is 18.3. The summed E-state index contributed by atoms with van der Waals surface area (Å²) >= 11 is 4.08. The van der Waals surface area contributed by atoms with Gasteiger partial charge in [-0.2, -0.15) is 23.5 Å². The second-order valence-corrected chi connectivity index (χ2v) is 12.9. The number of ether oxygens (including phenoxy) is 2. The zero-order valence-corrected chi connectivity index (χ0v) is 23.6. The molecule has 0 unspecified atom stereocenters. The van der Waals surface area contributed by atoms with Crippen LogP contribution in [-0.2, 0) is 12.8 Å². The molecule has 0 fully saturated rings. The van der Waals surface area contributed by atoms with Crippen molar-refractivity contribution in [3.63, 3.8) is 0 Å². The molecule has 2 aromatic rings. The van der Waals surface area contributed by atoms with Crippen LogP contribution >= 0.6 is 45.1 Å². The summed E-state index contributed by atoms with van der Waals surface area (Å²) in [6.07, 6.45) is 6.90. The van der Waals surface area contributed by atoms with Crippen molar-refractivity contribution in [3.05, 3.63) is 47.5 Å². The molecule has 8 heteroatoms. The van der Waals surface area contributed by atoms with E-state index in [-0.39, 0.29) is 11.5 Å². The van der Waals surface area contributed by atoms with E-state index in [1.165, 1.54) is 58.5 Å². The molecule has 0 radical (unpaired) electrons. The highest BCUT2D eigenvalue weighted by molar-refractivity contribution is 8.76. The lowest BCUT2D eigenvalue weighted by molar-refractivity contribution is 0.373. The van der Waals surface area contributed by atoms with Gasteiger partial charge in [0.2, 0.25) is 0 Å². The third-order valence-corrected chi connectivity index (χ3v) is 10.00. The largest absolute Gasteiger partial charge is 0.504 e. The topological polar surface area (TPSA) is 58.9 Å². The number of rotatable bonds is 19. The van der Waals surface area contributed by atoms with E-state index in [0.717, 1.165) is 25.7 Å². The highest BCUT2D eigenvalue weighted by Gasteiger charge is 2.04. The van der Waals surface area contributed by atoms with Crippen LogP contribution in [0.2, 0.25) is 0 Å². The van der Waals surface area contributed by atoms with E-state index in [0.29, 0.717) is 11.5 Å². The Labute approximate surface area is 221 Å². The molecule has 0 aliphatic heterocycles. The molecule has 0 bridgehead atoms. The number of hydrogen-bond acceptors (Lipinski definition) is 8. The lowest BCUT2D eigenvalue weighted by Gasteiger charge is -2.07. The molecule has 0 spiro atoms. The number of hydrogen-bond donors (Lipinski definition) is 2. The Morgan fingerprint density at radius 3 is 1.41 bits per heavy atom. The number of aryl methyl sites for hydroxylation is 2. The molecule has 0 amide bonds. The lowest BCUT2D eigenvalue weighted by atomic mass is 10.1. The van der Waals surface area contributed by atoms with Crippen molar-refractivity contribution in [2.45, 2.75) is 38.5 Å². The van der Waals surface area contributed by atoms with Crippen molar-refractivity contribution < 1.29 is 19.7 Å². The molecule has 0 heterocycles. The van der Waals surface area contributed by atoms with Crippen molar-refractivity contribution in [2.75, 3.05) is 48.7 Å². The van der Waals surface area contributed by atoms with Crippen LogP contribution in [0.25, 0.3) is 0 Å². The Morgan fingerprint density at radius 1 is 0.588 bits per heavy atom. The maximum Gasteiger partial charge on any atom is 0.160 e. The molecule has 0 aromatic heterocycles. The molecule has 190 valence electrons. The molecular formula is C26H38O4S4. The number of aromatic hydroxyl groups is 2. The van der Waals surface area contributed by atoms with Gasteiger partial charge in [0.1, 0.15) is 0 Å². The molecule has 4 nitrogen and oxygen atoms in total. The monoisotopic (exact) mass is 542 g/mol. The quantitative estimate of drug-likeness (QED) is 0.142. The first-order valence-corrected chi connectivity index (χ1v) is 16.6. The Balaban J connectivity index is 1.33. The van der Waals surface area contributed by atoms with Gasteiger partial charge >= 0.3 is 0 Å². The fraction of sp³-hybridized carbons (Fsp3) is 0.538. The van der Waals surface area contributed by atoms with Gasteiger partial charge in [-0.05, 0) is 96.9 Å². The maximum atomic E-state index is 9.65. The van der Waals surface area contributed by atoms with Gasteiger partial charge in [0, 0.05) is 11.5 Å². The van der Waals surface area contributed by atoms with Gasteiger partial charge in [-0.15, -0.1) is 0 Å². The van der Waals surface area contributed by atoms with Gasteiger partial charge in [0.15, 0.2) is 23.0 Å². The molecule has 34 heavy (non-hydrogen) atoms. The van der Waals surface area contributed by atoms with Gasteiger partial charge in [-0.25, -0.2) is 0 Å². The van der Waals surface area contributed by atoms with E-state index in [2.05, 4.69) is 0 Å². The van der Waals surface area contributed by atoms with Crippen LogP contribution < -0.4 is 9.47 Å².